The smallest absolute Gasteiger partial charge is 0.416 e. The van der Waals surface area contributed by atoms with E-state index in [4.69, 9.17) is 16.3 Å². The summed E-state index contributed by atoms with van der Waals surface area (Å²) in [5.74, 6) is -0.628. The number of carboxylic acids is 1. The Morgan fingerprint density at radius 2 is 1.60 bits per heavy atom. The van der Waals surface area contributed by atoms with E-state index in [0.29, 0.717) is 22.3 Å². The van der Waals surface area contributed by atoms with Crippen molar-refractivity contribution < 1.29 is 32.0 Å². The lowest BCUT2D eigenvalue weighted by atomic mass is 10.2. The number of benzene rings is 3. The quantitative estimate of drug-likeness (QED) is 0.298. The minimum atomic E-state index is -4.50. The fraction of sp³-hybridized carbons (Fsp3) is 0.160. The molecule has 0 spiro atoms. The van der Waals surface area contributed by atoms with Gasteiger partial charge in [-0.3, -0.25) is 0 Å². The molecular weight excluding hydrogens is 503 g/mol. The van der Waals surface area contributed by atoms with Gasteiger partial charge in [-0.05, 0) is 80.6 Å². The van der Waals surface area contributed by atoms with Crippen molar-refractivity contribution in [2.45, 2.75) is 35.9 Å². The Hall–Kier alpha value is -3.30. The maximum Gasteiger partial charge on any atom is 0.416 e. The van der Waals surface area contributed by atoms with E-state index in [1.165, 1.54) is 16.7 Å². The number of alkyl halides is 3. The zero-order chi connectivity index (χ0) is 25.5. The molecule has 10 heteroatoms. The summed E-state index contributed by atoms with van der Waals surface area (Å²) in [6.45, 7) is 3.78. The number of halogens is 4. The molecule has 0 bridgehead atoms. The molecule has 1 aromatic heterocycles. The van der Waals surface area contributed by atoms with Crippen LogP contribution in [0.3, 0.4) is 0 Å². The number of rotatable bonds is 6. The van der Waals surface area contributed by atoms with E-state index >= 15 is 0 Å². The minimum absolute atomic E-state index is 0.0266. The lowest BCUT2D eigenvalue weighted by molar-refractivity contribution is -0.137. The van der Waals surface area contributed by atoms with Gasteiger partial charge in [0.25, 0.3) is 0 Å². The van der Waals surface area contributed by atoms with Crippen LogP contribution in [0.15, 0.2) is 76.5 Å². The zero-order valence-electron chi connectivity index (χ0n) is 18.5. The summed E-state index contributed by atoms with van der Waals surface area (Å²) in [5.41, 5.74) is -0.00786. The maximum atomic E-state index is 13.0. The van der Waals surface area contributed by atoms with E-state index < -0.39 is 28.5 Å². The summed E-state index contributed by atoms with van der Waals surface area (Å²) in [5, 5.41) is 10.2. The van der Waals surface area contributed by atoms with E-state index in [9.17, 15) is 27.3 Å². The molecule has 1 N–H and O–H groups in total. The van der Waals surface area contributed by atoms with Crippen LogP contribution in [-0.4, -0.2) is 26.0 Å². The van der Waals surface area contributed by atoms with E-state index in [1.807, 2.05) is 13.8 Å². The third-order valence-electron chi connectivity index (χ3n) is 5.16. The normalized spacial score (nSPS) is 12.8. The van der Waals surface area contributed by atoms with E-state index in [2.05, 4.69) is 0 Å². The molecule has 35 heavy (non-hydrogen) atoms. The van der Waals surface area contributed by atoms with Crippen LogP contribution in [0, 0.1) is 0 Å². The highest BCUT2D eigenvalue weighted by Crippen LogP contribution is 2.36. The molecule has 3 aromatic carbocycles. The molecule has 0 radical (unpaired) electrons. The molecule has 0 amide bonds. The molecule has 1 heterocycles. The van der Waals surface area contributed by atoms with Crippen LogP contribution in [0.1, 0.15) is 29.9 Å². The Labute approximate surface area is 206 Å². The Balaban J connectivity index is 1.78. The Morgan fingerprint density at radius 1 is 1.00 bits per heavy atom. The molecule has 4 rings (SSSR count). The second-order valence-corrected chi connectivity index (χ2v) is 9.79. The second kappa shape index (κ2) is 9.39. The van der Waals surface area contributed by atoms with Gasteiger partial charge in [0.05, 0.1) is 33.0 Å². The molecule has 1 unspecified atom stereocenters. The maximum absolute atomic E-state index is 13.0. The summed E-state index contributed by atoms with van der Waals surface area (Å²) < 4.78 is 58.7. The number of carboxylic acid groups (broad SMARTS) is 1. The van der Waals surface area contributed by atoms with Crippen molar-refractivity contribution in [3.63, 3.8) is 0 Å². The van der Waals surface area contributed by atoms with E-state index in [0.717, 1.165) is 24.3 Å². The topological polar surface area (TPSA) is 68.5 Å². The Kier molecular flexibility index (Phi) is 6.66. The van der Waals surface area contributed by atoms with Gasteiger partial charge < -0.3 is 14.4 Å². The molecule has 0 fully saturated rings. The Bertz CT molecular complexity index is 1430. The predicted octanol–water partition coefficient (Wildman–Crippen LogP) is 6.95. The van der Waals surface area contributed by atoms with Gasteiger partial charge in [-0.2, -0.15) is 13.2 Å². The number of aromatic carboxylic acids is 1. The fourth-order valence-electron chi connectivity index (χ4n) is 3.65. The lowest BCUT2D eigenvalue weighted by Crippen LogP contribution is -2.08. The number of hydrogen-bond acceptors (Lipinski definition) is 3. The molecule has 0 saturated carbocycles. The lowest BCUT2D eigenvalue weighted by Gasteiger charge is -2.12. The highest BCUT2D eigenvalue weighted by Gasteiger charge is 2.30. The van der Waals surface area contributed by atoms with Gasteiger partial charge in [0.2, 0.25) is 0 Å². The predicted molar refractivity (Wildman–Crippen MR) is 127 cm³/mol. The van der Waals surface area contributed by atoms with Crippen LogP contribution >= 0.6 is 11.6 Å². The van der Waals surface area contributed by atoms with Gasteiger partial charge >= 0.3 is 12.1 Å². The number of hydrogen-bond donors (Lipinski definition) is 1. The summed E-state index contributed by atoms with van der Waals surface area (Å²) in [6, 6.07) is 15.5. The SMILES string of the molecule is CC(C)Oc1ccc(-n2c(C(=O)O)c(Cl)c3cc(S(=O)c4ccc(C(F)(F)F)cc4)ccc32)cc1. The zero-order valence-corrected chi connectivity index (χ0v) is 20.0. The van der Waals surface area contributed by atoms with Gasteiger partial charge in [-0.1, -0.05) is 11.6 Å². The minimum Gasteiger partial charge on any atom is -0.491 e. The molecule has 4 aromatic rings. The standard InChI is InChI=1S/C25H19ClF3NO4S/c1-14(2)34-17-7-5-16(6-8-17)30-21-12-11-19(13-20(21)22(26)23(30)24(31)32)35(33)18-9-3-15(4-10-18)25(27,28)29/h3-14H,1-2H3,(H,31,32). The van der Waals surface area contributed by atoms with Crippen molar-refractivity contribution in [1.29, 1.82) is 0 Å². The molecular formula is C25H19ClF3NO4S. The van der Waals surface area contributed by atoms with Gasteiger partial charge in [0.15, 0.2) is 5.69 Å². The van der Waals surface area contributed by atoms with Crippen molar-refractivity contribution in [1.82, 2.24) is 4.57 Å². The van der Waals surface area contributed by atoms with Crippen LogP contribution in [0.2, 0.25) is 5.02 Å². The third-order valence-corrected chi connectivity index (χ3v) is 6.92. The molecule has 0 aliphatic carbocycles. The van der Waals surface area contributed by atoms with Crippen molar-refractivity contribution in [3.05, 3.63) is 83.0 Å². The molecule has 0 aliphatic heterocycles. The van der Waals surface area contributed by atoms with Crippen LogP contribution in [-0.2, 0) is 17.0 Å². The van der Waals surface area contributed by atoms with Crippen molar-refractivity contribution in [2.24, 2.45) is 0 Å². The highest BCUT2D eigenvalue weighted by molar-refractivity contribution is 7.85. The molecule has 5 nitrogen and oxygen atoms in total. The van der Waals surface area contributed by atoms with Crippen LogP contribution in [0.5, 0.6) is 5.75 Å². The van der Waals surface area contributed by atoms with Crippen molar-refractivity contribution in [3.8, 4) is 11.4 Å². The van der Waals surface area contributed by atoms with Crippen LogP contribution in [0.25, 0.3) is 16.6 Å². The number of carbonyl (C=O) groups is 1. The fourth-order valence-corrected chi connectivity index (χ4v) is 5.04. The van der Waals surface area contributed by atoms with Gasteiger partial charge in [-0.25, -0.2) is 9.00 Å². The van der Waals surface area contributed by atoms with Crippen LogP contribution in [0.4, 0.5) is 13.2 Å². The summed E-state index contributed by atoms with van der Waals surface area (Å²) >= 11 is 6.45. The number of nitrogens with zero attached hydrogens (tertiary/aromatic N) is 1. The monoisotopic (exact) mass is 521 g/mol. The highest BCUT2D eigenvalue weighted by atomic mass is 35.5. The first-order valence-corrected chi connectivity index (χ1v) is 11.9. The van der Waals surface area contributed by atoms with Crippen molar-refractivity contribution >= 4 is 39.3 Å². The average Bonchev–Trinajstić information content (AvgIpc) is 3.10. The summed E-state index contributed by atoms with van der Waals surface area (Å²) in [4.78, 5) is 12.5. The third kappa shape index (κ3) is 4.92. The van der Waals surface area contributed by atoms with Crippen molar-refractivity contribution in [2.75, 3.05) is 0 Å². The first kappa shape index (κ1) is 24.8. The number of ether oxygens (including phenoxy) is 1. The molecule has 1 atom stereocenters. The van der Waals surface area contributed by atoms with Gasteiger partial charge in [-0.15, -0.1) is 0 Å². The first-order valence-electron chi connectivity index (χ1n) is 10.4. The first-order chi connectivity index (χ1) is 16.5. The van der Waals surface area contributed by atoms with E-state index in [1.54, 1.807) is 30.3 Å². The summed E-state index contributed by atoms with van der Waals surface area (Å²) in [6.07, 6.45) is -4.52. The van der Waals surface area contributed by atoms with E-state index in [-0.39, 0.29) is 26.6 Å². The molecule has 182 valence electrons. The largest absolute Gasteiger partial charge is 0.491 e. The second-order valence-electron chi connectivity index (χ2n) is 7.93. The molecule has 0 aliphatic rings. The van der Waals surface area contributed by atoms with Crippen LogP contribution < -0.4 is 4.74 Å². The summed E-state index contributed by atoms with van der Waals surface area (Å²) in [7, 11) is -1.81. The number of fused-ring (bicyclic) bond motifs is 1. The number of aromatic nitrogens is 1. The average molecular weight is 522 g/mol. The van der Waals surface area contributed by atoms with Gasteiger partial charge in [0, 0.05) is 20.9 Å². The van der Waals surface area contributed by atoms with Gasteiger partial charge in [0.1, 0.15) is 5.75 Å². The Morgan fingerprint density at radius 3 is 2.14 bits per heavy atom. The molecule has 0 saturated heterocycles.